The Hall–Kier alpha value is -2.54. The van der Waals surface area contributed by atoms with Crippen LogP contribution >= 0.6 is 7.60 Å². The first kappa shape index (κ1) is 16.3. The molecule has 0 saturated carbocycles. The van der Waals surface area contributed by atoms with Crippen molar-refractivity contribution in [3.05, 3.63) is 48.4 Å². The minimum Gasteiger partial charge on any atom is -0.481 e. The molecule has 0 bridgehead atoms. The first-order valence-corrected chi connectivity index (χ1v) is 8.81. The molecule has 3 heterocycles. The standard InChI is InChI=1S/C15H15N4O4P/c1-23-14-5-4-12-13(6-7-16-15(12)19-14)18-10-2-3-11(17-8-10)9-24(20,21)22/h2-8H,9H2,1H3,(H,16,18,19)(H2,20,21,22). The topological polar surface area (TPSA) is 117 Å². The van der Waals surface area contributed by atoms with Gasteiger partial charge in [0.2, 0.25) is 5.88 Å². The molecule has 0 aliphatic heterocycles. The quantitative estimate of drug-likeness (QED) is 0.603. The third-order valence-corrected chi connectivity index (χ3v) is 3.99. The van der Waals surface area contributed by atoms with E-state index in [1.54, 1.807) is 37.6 Å². The molecular formula is C15H15N4O4P. The van der Waals surface area contributed by atoms with E-state index >= 15 is 0 Å². The minimum absolute atomic E-state index is 0.333. The van der Waals surface area contributed by atoms with E-state index in [1.165, 1.54) is 6.20 Å². The van der Waals surface area contributed by atoms with Crippen LogP contribution in [0.2, 0.25) is 0 Å². The summed E-state index contributed by atoms with van der Waals surface area (Å²) in [6.07, 6.45) is 2.77. The van der Waals surface area contributed by atoms with Crippen molar-refractivity contribution in [2.24, 2.45) is 0 Å². The molecule has 0 saturated heterocycles. The van der Waals surface area contributed by atoms with Gasteiger partial charge in [-0.05, 0) is 24.3 Å². The summed E-state index contributed by atoms with van der Waals surface area (Å²) in [5.41, 5.74) is 2.36. The highest BCUT2D eigenvalue weighted by Crippen LogP contribution is 2.38. The third-order valence-electron chi connectivity index (χ3n) is 3.26. The summed E-state index contributed by atoms with van der Waals surface area (Å²) in [5.74, 6) is 0.482. The molecule has 0 aliphatic rings. The van der Waals surface area contributed by atoms with Crippen LogP contribution in [0.4, 0.5) is 11.4 Å². The van der Waals surface area contributed by atoms with Gasteiger partial charge >= 0.3 is 7.60 Å². The molecular weight excluding hydrogens is 331 g/mol. The van der Waals surface area contributed by atoms with Crippen LogP contribution in [-0.4, -0.2) is 31.8 Å². The molecule has 3 aromatic rings. The van der Waals surface area contributed by atoms with Crippen LogP contribution in [0.25, 0.3) is 11.0 Å². The highest BCUT2D eigenvalue weighted by Gasteiger charge is 2.14. The first-order valence-electron chi connectivity index (χ1n) is 7.01. The Kier molecular flexibility index (Phi) is 4.44. The van der Waals surface area contributed by atoms with Crippen molar-refractivity contribution in [2.75, 3.05) is 12.4 Å². The van der Waals surface area contributed by atoms with E-state index in [-0.39, 0.29) is 6.16 Å². The van der Waals surface area contributed by atoms with Crippen LogP contribution in [0.5, 0.6) is 5.88 Å². The van der Waals surface area contributed by atoms with Crippen molar-refractivity contribution in [1.29, 1.82) is 0 Å². The first-order chi connectivity index (χ1) is 11.4. The normalized spacial score (nSPS) is 11.5. The molecule has 24 heavy (non-hydrogen) atoms. The van der Waals surface area contributed by atoms with Crippen LogP contribution in [0.1, 0.15) is 5.69 Å². The maximum Gasteiger partial charge on any atom is 0.331 e. The molecule has 0 amide bonds. The Labute approximate surface area is 137 Å². The third kappa shape index (κ3) is 3.86. The average molecular weight is 346 g/mol. The van der Waals surface area contributed by atoms with Crippen molar-refractivity contribution in [3.63, 3.8) is 0 Å². The van der Waals surface area contributed by atoms with E-state index in [0.29, 0.717) is 22.9 Å². The smallest absolute Gasteiger partial charge is 0.331 e. The number of anilines is 2. The van der Waals surface area contributed by atoms with Crippen LogP contribution < -0.4 is 10.1 Å². The van der Waals surface area contributed by atoms with Gasteiger partial charge in [-0.25, -0.2) is 4.98 Å². The van der Waals surface area contributed by atoms with E-state index in [1.807, 2.05) is 6.07 Å². The number of nitrogens with zero attached hydrogens (tertiary/aromatic N) is 3. The Morgan fingerprint density at radius 2 is 2.00 bits per heavy atom. The predicted molar refractivity (Wildman–Crippen MR) is 89.4 cm³/mol. The van der Waals surface area contributed by atoms with Gasteiger partial charge in [0.1, 0.15) is 0 Å². The summed E-state index contributed by atoms with van der Waals surface area (Å²) in [5, 5.41) is 4.01. The van der Waals surface area contributed by atoms with E-state index in [4.69, 9.17) is 14.5 Å². The van der Waals surface area contributed by atoms with Gasteiger partial charge in [-0.15, -0.1) is 0 Å². The molecule has 124 valence electrons. The lowest BCUT2D eigenvalue weighted by atomic mass is 10.2. The summed E-state index contributed by atoms with van der Waals surface area (Å²) in [6, 6.07) is 8.69. The lowest BCUT2D eigenvalue weighted by molar-refractivity contribution is 0.371. The lowest BCUT2D eigenvalue weighted by Gasteiger charge is -2.10. The number of pyridine rings is 3. The molecule has 0 radical (unpaired) electrons. The second-order valence-electron chi connectivity index (χ2n) is 5.07. The number of aromatic nitrogens is 3. The zero-order valence-electron chi connectivity index (χ0n) is 12.7. The monoisotopic (exact) mass is 346 g/mol. The molecule has 0 aliphatic carbocycles. The number of hydrogen-bond donors (Lipinski definition) is 3. The SMILES string of the molecule is COc1ccc2c(Nc3ccc(CP(=O)(O)O)nc3)ccnc2n1. The van der Waals surface area contributed by atoms with E-state index in [0.717, 1.165) is 11.1 Å². The fourth-order valence-corrected chi connectivity index (χ4v) is 2.80. The van der Waals surface area contributed by atoms with Crippen molar-refractivity contribution in [1.82, 2.24) is 15.0 Å². The number of hydrogen-bond acceptors (Lipinski definition) is 6. The summed E-state index contributed by atoms with van der Waals surface area (Å²) >= 11 is 0. The zero-order chi connectivity index (χ0) is 17.2. The molecule has 8 nitrogen and oxygen atoms in total. The Bertz CT molecular complexity index is 911. The van der Waals surface area contributed by atoms with Crippen LogP contribution in [0.3, 0.4) is 0 Å². The lowest BCUT2D eigenvalue weighted by Crippen LogP contribution is -1.97. The molecule has 0 fully saturated rings. The van der Waals surface area contributed by atoms with Crippen molar-refractivity contribution >= 4 is 30.0 Å². The van der Waals surface area contributed by atoms with Gasteiger partial charge in [0, 0.05) is 17.6 Å². The van der Waals surface area contributed by atoms with Crippen LogP contribution in [-0.2, 0) is 10.7 Å². The second-order valence-corrected chi connectivity index (χ2v) is 6.71. The molecule has 3 aromatic heterocycles. The highest BCUT2D eigenvalue weighted by molar-refractivity contribution is 7.50. The summed E-state index contributed by atoms with van der Waals surface area (Å²) in [7, 11) is -2.58. The summed E-state index contributed by atoms with van der Waals surface area (Å²) < 4.78 is 16.1. The van der Waals surface area contributed by atoms with Crippen LogP contribution in [0.15, 0.2) is 42.7 Å². The zero-order valence-corrected chi connectivity index (χ0v) is 13.6. The molecule has 0 aromatic carbocycles. The number of ether oxygens (including phenoxy) is 1. The fourth-order valence-electron chi connectivity index (χ4n) is 2.19. The van der Waals surface area contributed by atoms with Gasteiger partial charge in [0.05, 0.1) is 36.5 Å². The van der Waals surface area contributed by atoms with Crippen molar-refractivity contribution < 1.29 is 19.1 Å². The molecule has 0 unspecified atom stereocenters. The average Bonchev–Trinajstić information content (AvgIpc) is 2.55. The molecule has 9 heteroatoms. The second kappa shape index (κ2) is 6.52. The maximum atomic E-state index is 11.0. The Morgan fingerprint density at radius 3 is 2.67 bits per heavy atom. The number of fused-ring (bicyclic) bond motifs is 1. The molecule has 3 N–H and O–H groups in total. The van der Waals surface area contributed by atoms with Gasteiger partial charge in [-0.3, -0.25) is 9.55 Å². The van der Waals surface area contributed by atoms with E-state index in [9.17, 15) is 4.57 Å². The van der Waals surface area contributed by atoms with Crippen molar-refractivity contribution in [3.8, 4) is 5.88 Å². The molecule has 3 rings (SSSR count). The van der Waals surface area contributed by atoms with Gasteiger partial charge in [-0.1, -0.05) is 0 Å². The summed E-state index contributed by atoms with van der Waals surface area (Å²) in [4.78, 5) is 30.5. The Morgan fingerprint density at radius 1 is 1.17 bits per heavy atom. The summed E-state index contributed by atoms with van der Waals surface area (Å²) in [6.45, 7) is 0. The number of methoxy groups -OCH3 is 1. The molecule has 0 atom stereocenters. The largest absolute Gasteiger partial charge is 0.481 e. The van der Waals surface area contributed by atoms with Gasteiger partial charge < -0.3 is 19.8 Å². The van der Waals surface area contributed by atoms with Gasteiger partial charge in [0.25, 0.3) is 0 Å². The van der Waals surface area contributed by atoms with Gasteiger partial charge in [-0.2, -0.15) is 4.98 Å². The number of nitrogens with one attached hydrogen (secondary N) is 1. The highest BCUT2D eigenvalue weighted by atomic mass is 31.2. The molecule has 0 spiro atoms. The fraction of sp³-hybridized carbons (Fsp3) is 0.133. The van der Waals surface area contributed by atoms with Crippen LogP contribution in [0, 0.1) is 0 Å². The van der Waals surface area contributed by atoms with Gasteiger partial charge in [0.15, 0.2) is 5.65 Å². The van der Waals surface area contributed by atoms with E-state index < -0.39 is 7.60 Å². The maximum absolute atomic E-state index is 11.0. The van der Waals surface area contributed by atoms with E-state index in [2.05, 4.69) is 20.3 Å². The minimum atomic E-state index is -4.12. The predicted octanol–water partition coefficient (Wildman–Crippen LogP) is 2.45. The van der Waals surface area contributed by atoms with Crippen molar-refractivity contribution in [2.45, 2.75) is 6.16 Å². The Balaban J connectivity index is 1.86. The number of rotatable bonds is 5.